The largest absolute Gasteiger partial charge is 0.481 e. The van der Waals surface area contributed by atoms with Crippen molar-refractivity contribution in [2.45, 2.75) is 49.8 Å². The number of nitrogens with zero attached hydrogens (tertiary/aromatic N) is 6. The van der Waals surface area contributed by atoms with E-state index >= 15 is 0 Å². The van der Waals surface area contributed by atoms with Gasteiger partial charge in [-0.1, -0.05) is 23.4 Å². The third-order valence-corrected chi connectivity index (χ3v) is 10.5. The molecule has 0 saturated carbocycles. The van der Waals surface area contributed by atoms with Gasteiger partial charge in [-0.15, -0.1) is 5.10 Å². The number of nitrogens with one attached hydrogen (secondary N) is 1. The monoisotopic (exact) mass is 589 g/mol. The third kappa shape index (κ3) is 4.06. The van der Waals surface area contributed by atoms with Crippen LogP contribution in [0, 0.1) is 6.92 Å². The fourth-order valence-electron chi connectivity index (χ4n) is 6.61. The molecule has 2 aromatic heterocycles. The Morgan fingerprint density at radius 1 is 1.24 bits per heavy atom. The molecule has 7 rings (SSSR count). The van der Waals surface area contributed by atoms with Crippen LogP contribution in [0.2, 0.25) is 0 Å². The molecule has 1 saturated heterocycles. The highest BCUT2D eigenvalue weighted by Gasteiger charge is 2.51. The summed E-state index contributed by atoms with van der Waals surface area (Å²) in [7, 11) is -3.89. The summed E-state index contributed by atoms with van der Waals surface area (Å²) in [4.78, 5) is 18.8. The number of aromatic nitrogens is 4. The SMILES string of the molecule is CCn1nnc2c(C)c([C@@H](CC(=O)O)c3ccc4c(c3)CN3C[C@@]5(COCCN5c5ncccc5S3(=O)=O)N4)ccc21. The number of aryl methyl sites for hydroxylation is 2. The Kier molecular flexibility index (Phi) is 6.22. The Morgan fingerprint density at radius 2 is 2.10 bits per heavy atom. The number of benzene rings is 2. The second kappa shape index (κ2) is 9.75. The summed E-state index contributed by atoms with van der Waals surface area (Å²) in [5.74, 6) is -0.983. The number of carboxylic acids is 1. The predicted octanol–water partition coefficient (Wildman–Crippen LogP) is 2.92. The lowest BCUT2D eigenvalue weighted by Gasteiger charge is -2.47. The topological polar surface area (TPSA) is 143 Å². The second-order valence-corrected chi connectivity index (χ2v) is 13.0. The van der Waals surface area contributed by atoms with Gasteiger partial charge in [0.2, 0.25) is 10.0 Å². The first-order valence-electron chi connectivity index (χ1n) is 14.0. The molecule has 5 heterocycles. The molecule has 2 bridgehead atoms. The second-order valence-electron chi connectivity index (χ2n) is 11.1. The van der Waals surface area contributed by atoms with E-state index in [4.69, 9.17) is 4.74 Å². The van der Waals surface area contributed by atoms with Gasteiger partial charge in [-0.05, 0) is 60.4 Å². The fraction of sp³-hybridized carbons (Fsp3) is 0.379. The fourth-order valence-corrected chi connectivity index (χ4v) is 8.23. The van der Waals surface area contributed by atoms with Gasteiger partial charge >= 0.3 is 5.97 Å². The first kappa shape index (κ1) is 26.8. The molecule has 218 valence electrons. The van der Waals surface area contributed by atoms with Crippen molar-refractivity contribution < 1.29 is 23.1 Å². The van der Waals surface area contributed by atoms with Crippen LogP contribution < -0.4 is 10.2 Å². The summed E-state index contributed by atoms with van der Waals surface area (Å²) in [6.07, 6.45) is 1.48. The van der Waals surface area contributed by atoms with Crippen molar-refractivity contribution in [3.05, 3.63) is 70.9 Å². The Bertz CT molecular complexity index is 1840. The molecule has 3 aliphatic heterocycles. The number of rotatable bonds is 5. The first-order chi connectivity index (χ1) is 20.2. The van der Waals surface area contributed by atoms with E-state index in [9.17, 15) is 18.3 Å². The van der Waals surface area contributed by atoms with Crippen LogP contribution in [0.25, 0.3) is 11.0 Å². The third-order valence-electron chi connectivity index (χ3n) is 8.66. The summed E-state index contributed by atoms with van der Waals surface area (Å²) in [6, 6.07) is 12.9. The van der Waals surface area contributed by atoms with E-state index in [0.29, 0.717) is 25.5 Å². The number of morpholine rings is 1. The Morgan fingerprint density at radius 3 is 2.90 bits per heavy atom. The maximum Gasteiger partial charge on any atom is 0.304 e. The number of hydrogen-bond acceptors (Lipinski definition) is 9. The zero-order valence-corrected chi connectivity index (χ0v) is 24.1. The molecule has 3 atom stereocenters. The van der Waals surface area contributed by atoms with Crippen LogP contribution in [-0.4, -0.2) is 75.7 Å². The smallest absolute Gasteiger partial charge is 0.304 e. The molecule has 12 nitrogen and oxygen atoms in total. The van der Waals surface area contributed by atoms with Crippen LogP contribution in [-0.2, 0) is 32.6 Å². The van der Waals surface area contributed by atoms with Gasteiger partial charge in [-0.25, -0.2) is 18.1 Å². The van der Waals surface area contributed by atoms with Gasteiger partial charge in [0.1, 0.15) is 16.1 Å². The van der Waals surface area contributed by atoms with Gasteiger partial charge < -0.3 is 20.1 Å². The van der Waals surface area contributed by atoms with Crippen LogP contribution >= 0.6 is 0 Å². The van der Waals surface area contributed by atoms with Crippen LogP contribution in [0.4, 0.5) is 11.5 Å². The lowest BCUT2D eigenvalue weighted by Crippen LogP contribution is -2.65. The zero-order valence-electron chi connectivity index (χ0n) is 23.3. The van der Waals surface area contributed by atoms with Gasteiger partial charge in [-0.2, -0.15) is 4.31 Å². The molecule has 2 aromatic carbocycles. The van der Waals surface area contributed by atoms with Crippen molar-refractivity contribution in [2.24, 2.45) is 0 Å². The average molecular weight is 590 g/mol. The van der Waals surface area contributed by atoms with Gasteiger partial charge in [0, 0.05) is 37.4 Å². The highest BCUT2D eigenvalue weighted by Crippen LogP contribution is 2.43. The lowest BCUT2D eigenvalue weighted by molar-refractivity contribution is -0.137. The van der Waals surface area contributed by atoms with Crippen molar-refractivity contribution >= 4 is 38.5 Å². The van der Waals surface area contributed by atoms with Gasteiger partial charge in [0.25, 0.3) is 0 Å². The standard InChI is InChI=1S/C29H31N7O5S/c1-3-36-24-9-7-21(18(2)27(24)32-33-36)22(14-26(37)38)19-6-8-23-20(13-19)15-34-16-29(31-23)17-41-12-11-35(29)28-25(42(34,39)40)5-4-10-30-28/h4-10,13,22,31H,3,11-12,14-17H2,1-2H3,(H,37,38)/t22-,29+/m0/s1. The van der Waals surface area contributed by atoms with E-state index in [-0.39, 0.29) is 31.0 Å². The minimum absolute atomic E-state index is 0.116. The molecular weight excluding hydrogens is 558 g/mol. The zero-order chi connectivity index (χ0) is 29.2. The first-order valence-corrected chi connectivity index (χ1v) is 15.4. The molecule has 1 fully saturated rings. The number of pyridine rings is 1. The van der Waals surface area contributed by atoms with Crippen molar-refractivity contribution in [3.63, 3.8) is 0 Å². The molecule has 0 amide bonds. The molecule has 2 N–H and O–H groups in total. The molecular formula is C29H31N7O5S. The average Bonchev–Trinajstić information content (AvgIpc) is 3.30. The van der Waals surface area contributed by atoms with Crippen LogP contribution in [0.5, 0.6) is 0 Å². The van der Waals surface area contributed by atoms with Crippen LogP contribution in [0.1, 0.15) is 41.5 Å². The number of sulfonamides is 1. The molecule has 1 unspecified atom stereocenters. The highest BCUT2D eigenvalue weighted by molar-refractivity contribution is 7.89. The van der Waals surface area contributed by atoms with Gasteiger partial charge in [-0.3, -0.25) is 4.79 Å². The Hall–Kier alpha value is -4.07. The maximum absolute atomic E-state index is 14.0. The highest BCUT2D eigenvalue weighted by atomic mass is 32.2. The Balaban J connectivity index is 1.35. The van der Waals surface area contributed by atoms with Crippen molar-refractivity contribution in [3.8, 4) is 0 Å². The number of ether oxygens (including phenoxy) is 1. The Labute approximate surface area is 243 Å². The number of anilines is 2. The van der Waals surface area contributed by atoms with E-state index in [1.54, 1.807) is 18.3 Å². The maximum atomic E-state index is 14.0. The molecule has 0 aliphatic carbocycles. The normalized spacial score (nSPS) is 23.1. The van der Waals surface area contributed by atoms with Crippen molar-refractivity contribution in [2.75, 3.05) is 36.5 Å². The van der Waals surface area contributed by atoms with E-state index in [2.05, 4.69) is 20.6 Å². The van der Waals surface area contributed by atoms with E-state index < -0.39 is 27.6 Å². The van der Waals surface area contributed by atoms with E-state index in [0.717, 1.165) is 39.0 Å². The van der Waals surface area contributed by atoms with Crippen molar-refractivity contribution in [1.82, 2.24) is 24.3 Å². The number of fused-ring (bicyclic) bond motifs is 5. The molecule has 3 aliphatic rings. The van der Waals surface area contributed by atoms with Gasteiger partial charge in [0.05, 0.1) is 31.7 Å². The number of aliphatic carboxylic acids is 1. The molecule has 42 heavy (non-hydrogen) atoms. The number of carboxylic acid groups (broad SMARTS) is 1. The number of hydrogen-bond donors (Lipinski definition) is 2. The predicted molar refractivity (Wildman–Crippen MR) is 155 cm³/mol. The van der Waals surface area contributed by atoms with E-state index in [1.165, 1.54) is 4.31 Å². The summed E-state index contributed by atoms with van der Waals surface area (Å²) >= 11 is 0. The van der Waals surface area contributed by atoms with Crippen LogP contribution in [0.3, 0.4) is 0 Å². The lowest BCUT2D eigenvalue weighted by atomic mass is 9.84. The molecule has 4 aromatic rings. The molecule has 0 radical (unpaired) electrons. The van der Waals surface area contributed by atoms with Gasteiger partial charge in [0.15, 0.2) is 5.82 Å². The summed E-state index contributed by atoms with van der Waals surface area (Å²) in [5.41, 5.74) is 4.83. The quantitative estimate of drug-likeness (QED) is 0.357. The summed E-state index contributed by atoms with van der Waals surface area (Å²) in [5, 5.41) is 22.2. The van der Waals surface area contributed by atoms with E-state index in [1.807, 2.05) is 53.8 Å². The number of carbonyl (C=O) groups is 1. The minimum atomic E-state index is -3.89. The summed E-state index contributed by atoms with van der Waals surface area (Å²) in [6.45, 7) is 6.11. The van der Waals surface area contributed by atoms with Crippen LogP contribution in [0.15, 0.2) is 53.6 Å². The summed E-state index contributed by atoms with van der Waals surface area (Å²) < 4.78 is 37.2. The minimum Gasteiger partial charge on any atom is -0.481 e. The van der Waals surface area contributed by atoms with Crippen molar-refractivity contribution in [1.29, 1.82) is 0 Å². The molecule has 13 heteroatoms. The molecule has 1 spiro atoms.